The highest BCUT2D eigenvalue weighted by atomic mass is 16.2. The summed E-state index contributed by atoms with van der Waals surface area (Å²) in [7, 11) is 0. The number of carbonyl (C=O) groups excluding carboxylic acids is 5. The number of hydrogen-bond donors (Lipinski definition) is 2. The Balaban J connectivity index is 2.04. The van der Waals surface area contributed by atoms with E-state index in [1.165, 1.54) is 4.90 Å². The fourth-order valence-corrected chi connectivity index (χ4v) is 2.96. The molecular formula is C20H25N3O5. The van der Waals surface area contributed by atoms with Crippen molar-refractivity contribution in [3.05, 3.63) is 35.9 Å². The summed E-state index contributed by atoms with van der Waals surface area (Å²) in [5.41, 5.74) is 0.446. The highest BCUT2D eigenvalue weighted by Gasteiger charge is 2.41. The van der Waals surface area contributed by atoms with Crippen molar-refractivity contribution in [2.75, 3.05) is 6.54 Å². The summed E-state index contributed by atoms with van der Waals surface area (Å²) in [4.78, 5) is 60.6. The molecule has 8 nitrogen and oxygen atoms in total. The van der Waals surface area contributed by atoms with Gasteiger partial charge in [0.25, 0.3) is 5.91 Å². The van der Waals surface area contributed by atoms with Crippen molar-refractivity contribution in [3.8, 4) is 0 Å². The molecule has 0 radical (unpaired) electrons. The van der Waals surface area contributed by atoms with Gasteiger partial charge in [-0.3, -0.25) is 14.4 Å². The van der Waals surface area contributed by atoms with E-state index in [0.29, 0.717) is 31.1 Å². The van der Waals surface area contributed by atoms with E-state index in [9.17, 15) is 24.0 Å². The summed E-state index contributed by atoms with van der Waals surface area (Å²) < 4.78 is 0. The molecule has 0 aliphatic carbocycles. The van der Waals surface area contributed by atoms with Crippen LogP contribution in [0.3, 0.4) is 0 Å². The predicted octanol–water partition coefficient (Wildman–Crippen LogP) is 0.315. The van der Waals surface area contributed by atoms with Crippen LogP contribution in [0.4, 0.5) is 0 Å². The van der Waals surface area contributed by atoms with Crippen LogP contribution in [-0.4, -0.2) is 59.9 Å². The number of aldehydes is 2. The van der Waals surface area contributed by atoms with Crippen LogP contribution in [-0.2, 0) is 19.2 Å². The molecule has 1 aromatic carbocycles. The van der Waals surface area contributed by atoms with Crippen LogP contribution in [0.25, 0.3) is 0 Å². The highest BCUT2D eigenvalue weighted by Crippen LogP contribution is 2.21. The summed E-state index contributed by atoms with van der Waals surface area (Å²) >= 11 is 0. The van der Waals surface area contributed by atoms with Gasteiger partial charge in [-0.2, -0.15) is 0 Å². The molecule has 0 saturated carbocycles. The van der Waals surface area contributed by atoms with Crippen LogP contribution < -0.4 is 10.6 Å². The van der Waals surface area contributed by atoms with Crippen molar-refractivity contribution in [1.82, 2.24) is 15.5 Å². The fraction of sp³-hybridized carbons (Fsp3) is 0.450. The van der Waals surface area contributed by atoms with Gasteiger partial charge in [-0.15, -0.1) is 0 Å². The molecular weight excluding hydrogens is 362 g/mol. The van der Waals surface area contributed by atoms with E-state index < -0.39 is 24.0 Å². The maximum Gasteiger partial charge on any atom is 0.251 e. The summed E-state index contributed by atoms with van der Waals surface area (Å²) in [6.45, 7) is 4.02. The number of benzene rings is 1. The topological polar surface area (TPSA) is 113 Å². The van der Waals surface area contributed by atoms with Gasteiger partial charge in [0.15, 0.2) is 0 Å². The Hall–Kier alpha value is -3.03. The summed E-state index contributed by atoms with van der Waals surface area (Å²) in [5, 5.41) is 5.22. The van der Waals surface area contributed by atoms with Gasteiger partial charge in [-0.25, -0.2) is 0 Å². The molecule has 0 unspecified atom stereocenters. The molecule has 1 fully saturated rings. The first kappa shape index (κ1) is 21.3. The van der Waals surface area contributed by atoms with E-state index in [0.717, 1.165) is 0 Å². The average Bonchev–Trinajstić information content (AvgIpc) is 2.64. The second-order valence-corrected chi connectivity index (χ2v) is 7.05. The van der Waals surface area contributed by atoms with Crippen molar-refractivity contribution in [2.45, 2.75) is 44.8 Å². The van der Waals surface area contributed by atoms with E-state index in [-0.39, 0.29) is 24.2 Å². The molecule has 0 aromatic heterocycles. The third-order valence-corrected chi connectivity index (χ3v) is 4.70. The Morgan fingerprint density at radius 2 is 1.82 bits per heavy atom. The predicted molar refractivity (Wildman–Crippen MR) is 101 cm³/mol. The van der Waals surface area contributed by atoms with Gasteiger partial charge in [0.1, 0.15) is 24.7 Å². The zero-order chi connectivity index (χ0) is 20.7. The maximum absolute atomic E-state index is 12.9. The maximum atomic E-state index is 12.9. The molecule has 1 aliphatic rings. The second kappa shape index (κ2) is 9.77. The monoisotopic (exact) mass is 387 g/mol. The molecule has 3 atom stereocenters. The van der Waals surface area contributed by atoms with Crippen LogP contribution in [0.15, 0.2) is 30.3 Å². The Labute approximate surface area is 163 Å². The number of nitrogens with zero attached hydrogens (tertiary/aromatic N) is 1. The Morgan fingerprint density at radius 1 is 1.14 bits per heavy atom. The standard InChI is InChI=1S/C20H25N3O5/c1-13(2)17(22-18(26)14-6-4-3-5-7-14)20(28)23-10-8-16(23)19(27)21-15(12-25)9-11-24/h3-7,11-13,15-17H,8-10H2,1-2H3,(H,21,27)(H,22,26)/t15-,16-,17-/m0/s1. The van der Waals surface area contributed by atoms with Crippen LogP contribution in [0.5, 0.6) is 0 Å². The van der Waals surface area contributed by atoms with E-state index >= 15 is 0 Å². The normalized spacial score (nSPS) is 17.8. The number of likely N-dealkylation sites (tertiary alicyclic amines) is 1. The van der Waals surface area contributed by atoms with Crippen molar-refractivity contribution in [3.63, 3.8) is 0 Å². The third-order valence-electron chi connectivity index (χ3n) is 4.70. The third kappa shape index (κ3) is 5.03. The number of rotatable bonds is 9. The number of nitrogens with one attached hydrogen (secondary N) is 2. The van der Waals surface area contributed by atoms with Gasteiger partial charge < -0.3 is 25.1 Å². The second-order valence-electron chi connectivity index (χ2n) is 7.05. The number of carbonyl (C=O) groups is 5. The lowest BCUT2D eigenvalue weighted by Crippen LogP contribution is -2.64. The Bertz CT molecular complexity index is 735. The minimum Gasteiger partial charge on any atom is -0.344 e. The first-order valence-corrected chi connectivity index (χ1v) is 9.24. The molecule has 28 heavy (non-hydrogen) atoms. The quantitative estimate of drug-likeness (QED) is 0.593. The van der Waals surface area contributed by atoms with E-state index in [1.54, 1.807) is 30.3 Å². The SMILES string of the molecule is CC(C)[C@H](NC(=O)c1ccccc1)C(=O)N1CC[C@H]1C(=O)N[C@H](C=O)CC=O. The summed E-state index contributed by atoms with van der Waals surface area (Å²) in [5.74, 6) is -1.36. The molecule has 0 spiro atoms. The summed E-state index contributed by atoms with van der Waals surface area (Å²) in [6, 6.07) is 6.19. The van der Waals surface area contributed by atoms with Gasteiger partial charge in [0.2, 0.25) is 11.8 Å². The number of hydrogen-bond acceptors (Lipinski definition) is 5. The molecule has 1 saturated heterocycles. The Morgan fingerprint density at radius 3 is 2.32 bits per heavy atom. The molecule has 3 amide bonds. The zero-order valence-electron chi connectivity index (χ0n) is 16.0. The lowest BCUT2D eigenvalue weighted by atomic mass is 9.95. The zero-order valence-corrected chi connectivity index (χ0v) is 16.0. The van der Waals surface area contributed by atoms with Gasteiger partial charge in [-0.1, -0.05) is 32.0 Å². The molecule has 1 aliphatic heterocycles. The van der Waals surface area contributed by atoms with Crippen molar-refractivity contribution < 1.29 is 24.0 Å². The van der Waals surface area contributed by atoms with Crippen LogP contribution >= 0.6 is 0 Å². The minimum atomic E-state index is -0.902. The van der Waals surface area contributed by atoms with Gasteiger partial charge in [0.05, 0.1) is 6.04 Å². The van der Waals surface area contributed by atoms with E-state index in [2.05, 4.69) is 10.6 Å². The molecule has 8 heteroatoms. The first-order valence-electron chi connectivity index (χ1n) is 9.24. The van der Waals surface area contributed by atoms with Crippen molar-refractivity contribution in [1.29, 1.82) is 0 Å². The molecule has 2 N–H and O–H groups in total. The molecule has 1 aromatic rings. The van der Waals surface area contributed by atoms with Crippen LogP contribution in [0.1, 0.15) is 37.0 Å². The summed E-state index contributed by atoms with van der Waals surface area (Å²) in [6.07, 6.45) is 1.39. The van der Waals surface area contributed by atoms with E-state index in [1.807, 2.05) is 13.8 Å². The van der Waals surface area contributed by atoms with E-state index in [4.69, 9.17) is 0 Å². The van der Waals surface area contributed by atoms with Crippen molar-refractivity contribution >= 4 is 30.3 Å². The Kier molecular flexibility index (Phi) is 7.43. The van der Waals surface area contributed by atoms with Crippen molar-refractivity contribution in [2.24, 2.45) is 5.92 Å². The largest absolute Gasteiger partial charge is 0.344 e. The molecule has 1 heterocycles. The number of amides is 3. The highest BCUT2D eigenvalue weighted by molar-refractivity contribution is 5.99. The minimum absolute atomic E-state index is 0.113. The van der Waals surface area contributed by atoms with Crippen LogP contribution in [0.2, 0.25) is 0 Å². The fourth-order valence-electron chi connectivity index (χ4n) is 2.96. The van der Waals surface area contributed by atoms with Crippen LogP contribution in [0, 0.1) is 5.92 Å². The van der Waals surface area contributed by atoms with Gasteiger partial charge in [0, 0.05) is 18.5 Å². The smallest absolute Gasteiger partial charge is 0.251 e. The molecule has 150 valence electrons. The lowest BCUT2D eigenvalue weighted by Gasteiger charge is -2.42. The average molecular weight is 387 g/mol. The lowest BCUT2D eigenvalue weighted by molar-refractivity contribution is -0.150. The first-order chi connectivity index (χ1) is 13.4. The molecule has 0 bridgehead atoms. The van der Waals surface area contributed by atoms with Gasteiger partial charge >= 0.3 is 0 Å². The molecule has 2 rings (SSSR count). The van der Waals surface area contributed by atoms with Gasteiger partial charge in [-0.05, 0) is 24.5 Å².